The van der Waals surface area contributed by atoms with Crippen LogP contribution in [0.1, 0.15) is 26.3 Å². The normalized spacial score (nSPS) is 11.9. The van der Waals surface area contributed by atoms with E-state index in [9.17, 15) is 9.59 Å². The van der Waals surface area contributed by atoms with Gasteiger partial charge < -0.3 is 10.2 Å². The van der Waals surface area contributed by atoms with Crippen molar-refractivity contribution in [3.05, 3.63) is 66.2 Å². The Bertz CT molecular complexity index is 720. The van der Waals surface area contributed by atoms with E-state index in [1.807, 2.05) is 74.5 Å². The zero-order chi connectivity index (χ0) is 19.6. The molecule has 27 heavy (non-hydrogen) atoms. The number of amides is 2. The van der Waals surface area contributed by atoms with Crippen molar-refractivity contribution < 1.29 is 9.59 Å². The first kappa shape index (κ1) is 21.0. The third-order valence-electron chi connectivity index (χ3n) is 4.15. The van der Waals surface area contributed by atoms with Gasteiger partial charge in [0.15, 0.2) is 0 Å². The Morgan fingerprint density at radius 1 is 0.963 bits per heavy atom. The van der Waals surface area contributed by atoms with E-state index in [0.29, 0.717) is 24.8 Å². The molecule has 0 unspecified atom stereocenters. The lowest BCUT2D eigenvalue weighted by molar-refractivity contribution is -0.138. The number of carbonyl (C=O) groups is 2. The Kier molecular flexibility index (Phi) is 8.40. The number of hydrogen-bond donors (Lipinski definition) is 1. The molecule has 0 saturated carbocycles. The quantitative estimate of drug-likeness (QED) is 0.666. The molecular formula is C22H28N2O2S. The van der Waals surface area contributed by atoms with Crippen LogP contribution < -0.4 is 5.32 Å². The molecule has 2 aromatic carbocycles. The molecule has 0 saturated heterocycles. The maximum Gasteiger partial charge on any atom is 0.242 e. The van der Waals surface area contributed by atoms with Gasteiger partial charge in [-0.1, -0.05) is 62.4 Å². The Balaban J connectivity index is 2.07. The van der Waals surface area contributed by atoms with Gasteiger partial charge in [-0.05, 0) is 30.5 Å². The zero-order valence-electron chi connectivity index (χ0n) is 16.2. The van der Waals surface area contributed by atoms with Crippen molar-refractivity contribution in [1.29, 1.82) is 0 Å². The summed E-state index contributed by atoms with van der Waals surface area (Å²) in [5, 5.41) is 2.94. The van der Waals surface area contributed by atoms with Crippen LogP contribution in [-0.2, 0) is 16.1 Å². The van der Waals surface area contributed by atoms with Crippen LogP contribution in [-0.4, -0.2) is 35.1 Å². The van der Waals surface area contributed by atoms with Gasteiger partial charge in [0.25, 0.3) is 0 Å². The number of nitrogens with zero attached hydrogens (tertiary/aromatic N) is 1. The number of hydrogen-bond acceptors (Lipinski definition) is 3. The van der Waals surface area contributed by atoms with Crippen LogP contribution in [0.15, 0.2) is 65.6 Å². The summed E-state index contributed by atoms with van der Waals surface area (Å²) in [6, 6.07) is 19.1. The molecule has 0 radical (unpaired) electrons. The van der Waals surface area contributed by atoms with Crippen molar-refractivity contribution in [2.75, 3.05) is 12.3 Å². The minimum Gasteiger partial charge on any atom is -0.354 e. The highest BCUT2D eigenvalue weighted by atomic mass is 32.2. The molecule has 2 amide bonds. The predicted molar refractivity (Wildman–Crippen MR) is 111 cm³/mol. The zero-order valence-corrected chi connectivity index (χ0v) is 17.0. The lowest BCUT2D eigenvalue weighted by Gasteiger charge is -2.29. The SMILES string of the molecule is CC(C)CNC(=O)[C@H](C)N(Cc1ccccc1)C(=O)CSc1ccccc1. The first-order valence-electron chi connectivity index (χ1n) is 9.26. The Morgan fingerprint density at radius 2 is 1.56 bits per heavy atom. The molecule has 0 heterocycles. The van der Waals surface area contributed by atoms with Gasteiger partial charge in [0, 0.05) is 18.0 Å². The molecule has 144 valence electrons. The lowest BCUT2D eigenvalue weighted by atomic mass is 10.1. The van der Waals surface area contributed by atoms with E-state index in [4.69, 9.17) is 0 Å². The second-order valence-corrected chi connectivity index (χ2v) is 7.97. The van der Waals surface area contributed by atoms with Crippen molar-refractivity contribution in [2.24, 2.45) is 5.92 Å². The fourth-order valence-corrected chi connectivity index (χ4v) is 3.37. The van der Waals surface area contributed by atoms with Gasteiger partial charge in [-0.15, -0.1) is 11.8 Å². The van der Waals surface area contributed by atoms with Crippen LogP contribution in [0, 0.1) is 5.92 Å². The summed E-state index contributed by atoms with van der Waals surface area (Å²) in [6.07, 6.45) is 0. The summed E-state index contributed by atoms with van der Waals surface area (Å²) >= 11 is 1.49. The maximum atomic E-state index is 12.9. The van der Waals surface area contributed by atoms with E-state index in [-0.39, 0.29) is 11.8 Å². The largest absolute Gasteiger partial charge is 0.354 e. The summed E-state index contributed by atoms with van der Waals surface area (Å²) in [7, 11) is 0. The first-order valence-corrected chi connectivity index (χ1v) is 10.2. The summed E-state index contributed by atoms with van der Waals surface area (Å²) in [5.74, 6) is 0.518. The van der Waals surface area contributed by atoms with Gasteiger partial charge in [-0.3, -0.25) is 9.59 Å². The van der Waals surface area contributed by atoms with Crippen LogP contribution in [0.3, 0.4) is 0 Å². The van der Waals surface area contributed by atoms with Crippen LogP contribution in [0.5, 0.6) is 0 Å². The van der Waals surface area contributed by atoms with E-state index in [1.54, 1.807) is 11.8 Å². The van der Waals surface area contributed by atoms with Gasteiger partial charge >= 0.3 is 0 Å². The van der Waals surface area contributed by atoms with Crippen LogP contribution in [0.4, 0.5) is 0 Å². The number of benzene rings is 2. The van der Waals surface area contributed by atoms with E-state index >= 15 is 0 Å². The van der Waals surface area contributed by atoms with Crippen molar-refractivity contribution in [3.63, 3.8) is 0 Å². The highest BCUT2D eigenvalue weighted by Gasteiger charge is 2.26. The minimum atomic E-state index is -0.521. The topological polar surface area (TPSA) is 49.4 Å². The molecule has 0 aromatic heterocycles. The molecule has 2 rings (SSSR count). The fraction of sp³-hybridized carbons (Fsp3) is 0.364. The van der Waals surface area contributed by atoms with Crippen molar-refractivity contribution in [3.8, 4) is 0 Å². The van der Waals surface area contributed by atoms with Crippen molar-refractivity contribution >= 4 is 23.6 Å². The van der Waals surface area contributed by atoms with E-state index in [2.05, 4.69) is 5.32 Å². The van der Waals surface area contributed by atoms with Crippen molar-refractivity contribution in [2.45, 2.75) is 38.3 Å². The lowest BCUT2D eigenvalue weighted by Crippen LogP contribution is -2.48. The van der Waals surface area contributed by atoms with E-state index in [1.165, 1.54) is 11.8 Å². The van der Waals surface area contributed by atoms with Crippen LogP contribution in [0.25, 0.3) is 0 Å². The first-order chi connectivity index (χ1) is 13.0. The molecule has 0 aliphatic heterocycles. The molecule has 5 heteroatoms. The minimum absolute atomic E-state index is 0.0418. The average Bonchev–Trinajstić information content (AvgIpc) is 2.69. The Hall–Kier alpha value is -2.27. The molecule has 4 nitrogen and oxygen atoms in total. The molecule has 0 aliphatic rings. The van der Waals surface area contributed by atoms with Gasteiger partial charge in [0.1, 0.15) is 6.04 Å². The number of thioether (sulfide) groups is 1. The number of carbonyl (C=O) groups excluding carboxylic acids is 2. The highest BCUT2D eigenvalue weighted by Crippen LogP contribution is 2.19. The van der Waals surface area contributed by atoms with Gasteiger partial charge in [-0.25, -0.2) is 0 Å². The monoisotopic (exact) mass is 384 g/mol. The third kappa shape index (κ3) is 7.10. The second-order valence-electron chi connectivity index (χ2n) is 6.92. The second kappa shape index (κ2) is 10.8. The third-order valence-corrected chi connectivity index (χ3v) is 5.15. The molecule has 0 fully saturated rings. The Morgan fingerprint density at radius 3 is 2.15 bits per heavy atom. The molecule has 2 aromatic rings. The molecule has 0 spiro atoms. The summed E-state index contributed by atoms with van der Waals surface area (Å²) in [4.78, 5) is 28.2. The van der Waals surface area contributed by atoms with Gasteiger partial charge in [0.2, 0.25) is 11.8 Å². The molecular weight excluding hydrogens is 356 g/mol. The number of nitrogens with one attached hydrogen (secondary N) is 1. The molecule has 1 atom stereocenters. The summed E-state index contributed by atoms with van der Waals surface area (Å²) < 4.78 is 0. The van der Waals surface area contributed by atoms with Crippen molar-refractivity contribution in [1.82, 2.24) is 10.2 Å². The summed E-state index contributed by atoms with van der Waals surface area (Å²) in [6.45, 7) is 6.92. The van der Waals surface area contributed by atoms with Gasteiger partial charge in [-0.2, -0.15) is 0 Å². The van der Waals surface area contributed by atoms with Gasteiger partial charge in [0.05, 0.1) is 5.75 Å². The molecule has 0 bridgehead atoms. The maximum absolute atomic E-state index is 12.9. The smallest absolute Gasteiger partial charge is 0.242 e. The van der Waals surface area contributed by atoms with Crippen LogP contribution >= 0.6 is 11.8 Å². The summed E-state index contributed by atoms with van der Waals surface area (Å²) in [5.41, 5.74) is 1.01. The number of rotatable bonds is 9. The predicted octanol–water partition coefficient (Wildman–Crippen LogP) is 3.97. The Labute approximate surface area is 166 Å². The van der Waals surface area contributed by atoms with E-state index in [0.717, 1.165) is 10.5 Å². The highest BCUT2D eigenvalue weighted by molar-refractivity contribution is 8.00. The molecule has 0 aliphatic carbocycles. The van der Waals surface area contributed by atoms with E-state index < -0.39 is 6.04 Å². The average molecular weight is 385 g/mol. The van der Waals surface area contributed by atoms with Crippen LogP contribution in [0.2, 0.25) is 0 Å². The fourth-order valence-electron chi connectivity index (χ4n) is 2.56. The standard InChI is InChI=1S/C22H28N2O2S/c1-17(2)14-23-22(26)18(3)24(15-19-10-6-4-7-11-19)21(25)16-27-20-12-8-5-9-13-20/h4-13,17-18H,14-16H2,1-3H3,(H,23,26)/t18-/m0/s1. The molecule has 1 N–H and O–H groups in total.